The highest BCUT2D eigenvalue weighted by Gasteiger charge is 2.28. The molecule has 3 heteroatoms. The lowest BCUT2D eigenvalue weighted by atomic mass is 9.98. The molecule has 0 amide bonds. The van der Waals surface area contributed by atoms with Gasteiger partial charge in [0, 0.05) is 33.2 Å². The molecule has 0 aliphatic heterocycles. The van der Waals surface area contributed by atoms with E-state index in [1.54, 1.807) is 0 Å². The van der Waals surface area contributed by atoms with Crippen molar-refractivity contribution in [2.24, 2.45) is 7.05 Å². The average molecular weight is 406 g/mol. The van der Waals surface area contributed by atoms with E-state index in [4.69, 9.17) is 4.42 Å². The normalized spacial score (nSPS) is 12.0. The number of furan rings is 1. The number of rotatable bonds is 1. The van der Waals surface area contributed by atoms with Crippen LogP contribution in [-0.2, 0) is 7.05 Å². The predicted octanol–water partition coefficient (Wildman–Crippen LogP) is 6.74. The monoisotopic (exact) mass is 405 g/mol. The van der Waals surface area contributed by atoms with E-state index in [1.807, 2.05) is 6.07 Å². The first-order chi connectivity index (χ1) is 15.0. The first-order valence-corrected chi connectivity index (χ1v) is 10.8. The number of aryl methyl sites for hydroxylation is 4. The number of fused-ring (bicyclic) bond motifs is 7. The molecule has 0 fully saturated rings. The van der Waals surface area contributed by atoms with Gasteiger partial charge in [0.1, 0.15) is 27.9 Å². The van der Waals surface area contributed by atoms with E-state index in [0.29, 0.717) is 0 Å². The van der Waals surface area contributed by atoms with Gasteiger partial charge in [-0.1, -0.05) is 30.3 Å². The Labute approximate surface area is 181 Å². The van der Waals surface area contributed by atoms with Gasteiger partial charge in [0.15, 0.2) is 0 Å². The average Bonchev–Trinajstić information content (AvgIpc) is 3.31. The van der Waals surface area contributed by atoms with Gasteiger partial charge in [-0.15, -0.1) is 0 Å². The minimum absolute atomic E-state index is 0.946. The van der Waals surface area contributed by atoms with E-state index in [2.05, 4.69) is 98.5 Å². The molecule has 31 heavy (non-hydrogen) atoms. The summed E-state index contributed by atoms with van der Waals surface area (Å²) in [6.45, 7) is 8.75. The van der Waals surface area contributed by atoms with Crippen LogP contribution in [-0.4, -0.2) is 4.57 Å². The summed E-state index contributed by atoms with van der Waals surface area (Å²) in [5.74, 6) is 1.18. The molecule has 0 atom stereocenters. The molecule has 0 aliphatic carbocycles. The van der Waals surface area contributed by atoms with Crippen LogP contribution in [0.15, 0.2) is 65.1 Å². The molecule has 0 N–H and O–H groups in total. The topological polar surface area (TPSA) is 21.9 Å². The van der Waals surface area contributed by atoms with Crippen molar-refractivity contribution >= 4 is 43.7 Å². The maximum atomic E-state index is 6.38. The van der Waals surface area contributed by atoms with Gasteiger partial charge in [-0.25, -0.2) is 4.57 Å². The van der Waals surface area contributed by atoms with Gasteiger partial charge in [0.2, 0.25) is 0 Å². The van der Waals surface area contributed by atoms with Crippen molar-refractivity contribution in [2.45, 2.75) is 27.7 Å². The standard InChI is InChI=1S/C28H25N2O/c1-16-14-17(2)29(5)24(15-16)30-22-12-8-6-10-20(22)25-26-21-11-7-9-13-23(21)31-28(26)19(4)18(3)27(25)30/h6-15H,1-5H3/q+1. The van der Waals surface area contributed by atoms with Crippen molar-refractivity contribution in [1.82, 2.24) is 4.57 Å². The molecular formula is C28H25N2O+. The highest BCUT2D eigenvalue weighted by Crippen LogP contribution is 2.44. The molecule has 6 rings (SSSR count). The van der Waals surface area contributed by atoms with Gasteiger partial charge in [-0.2, -0.15) is 4.57 Å². The van der Waals surface area contributed by atoms with Gasteiger partial charge in [-0.05, 0) is 63.1 Å². The molecular weight excluding hydrogens is 380 g/mol. The van der Waals surface area contributed by atoms with Crippen molar-refractivity contribution in [2.75, 3.05) is 0 Å². The molecule has 152 valence electrons. The van der Waals surface area contributed by atoms with Gasteiger partial charge in [0.25, 0.3) is 5.82 Å². The molecule has 0 unspecified atom stereocenters. The Kier molecular flexibility index (Phi) is 3.64. The summed E-state index contributed by atoms with van der Waals surface area (Å²) in [6, 6.07) is 21.6. The van der Waals surface area contributed by atoms with Crippen LogP contribution in [0.1, 0.15) is 22.4 Å². The maximum Gasteiger partial charge on any atom is 0.287 e. The maximum absolute atomic E-state index is 6.38. The summed E-state index contributed by atoms with van der Waals surface area (Å²) < 4.78 is 11.1. The molecule has 0 radical (unpaired) electrons. The van der Waals surface area contributed by atoms with Crippen LogP contribution in [0.5, 0.6) is 0 Å². The largest absolute Gasteiger partial charge is 0.456 e. The zero-order chi connectivity index (χ0) is 21.4. The van der Waals surface area contributed by atoms with Crippen molar-refractivity contribution in [1.29, 1.82) is 0 Å². The zero-order valence-corrected chi connectivity index (χ0v) is 18.6. The Morgan fingerprint density at radius 3 is 2.29 bits per heavy atom. The number of benzene rings is 3. The molecule has 6 aromatic rings. The lowest BCUT2D eigenvalue weighted by Crippen LogP contribution is -2.37. The second-order valence-electron chi connectivity index (χ2n) is 8.72. The number of hydrogen-bond acceptors (Lipinski definition) is 1. The van der Waals surface area contributed by atoms with Crippen LogP contribution in [0.2, 0.25) is 0 Å². The number of aromatic nitrogens is 2. The second kappa shape index (κ2) is 6.21. The Morgan fingerprint density at radius 1 is 0.774 bits per heavy atom. The molecule has 0 saturated heterocycles. The van der Waals surface area contributed by atoms with Gasteiger partial charge < -0.3 is 4.42 Å². The number of para-hydroxylation sites is 2. The molecule has 3 aromatic heterocycles. The molecule has 0 spiro atoms. The highest BCUT2D eigenvalue weighted by molar-refractivity contribution is 6.28. The summed E-state index contributed by atoms with van der Waals surface area (Å²) in [7, 11) is 2.15. The molecule has 0 saturated carbocycles. The Bertz CT molecular complexity index is 1680. The van der Waals surface area contributed by atoms with Crippen LogP contribution in [0.4, 0.5) is 0 Å². The van der Waals surface area contributed by atoms with Crippen LogP contribution in [0, 0.1) is 27.7 Å². The van der Waals surface area contributed by atoms with Crippen molar-refractivity contribution in [3.63, 3.8) is 0 Å². The number of pyridine rings is 1. The van der Waals surface area contributed by atoms with Crippen LogP contribution in [0.3, 0.4) is 0 Å². The van der Waals surface area contributed by atoms with E-state index < -0.39 is 0 Å². The Hall–Kier alpha value is -3.59. The van der Waals surface area contributed by atoms with Crippen LogP contribution < -0.4 is 4.57 Å². The fraction of sp³-hybridized carbons (Fsp3) is 0.179. The Balaban J connectivity index is 1.97. The van der Waals surface area contributed by atoms with E-state index in [-0.39, 0.29) is 0 Å². The molecule has 3 heterocycles. The van der Waals surface area contributed by atoms with E-state index in [9.17, 15) is 0 Å². The third-order valence-electron chi connectivity index (χ3n) is 6.87. The van der Waals surface area contributed by atoms with Crippen LogP contribution >= 0.6 is 0 Å². The minimum Gasteiger partial charge on any atom is -0.456 e. The first kappa shape index (κ1) is 18.2. The van der Waals surface area contributed by atoms with Gasteiger partial charge in [0.05, 0.1) is 7.05 Å². The summed E-state index contributed by atoms with van der Waals surface area (Å²) in [5, 5.41) is 4.93. The van der Waals surface area contributed by atoms with Gasteiger partial charge in [-0.3, -0.25) is 0 Å². The summed E-state index contributed by atoms with van der Waals surface area (Å²) in [5.41, 5.74) is 9.40. The Morgan fingerprint density at radius 2 is 1.48 bits per heavy atom. The molecule has 3 aromatic carbocycles. The highest BCUT2D eigenvalue weighted by atomic mass is 16.3. The van der Waals surface area contributed by atoms with Crippen LogP contribution in [0.25, 0.3) is 49.6 Å². The first-order valence-electron chi connectivity index (χ1n) is 10.8. The third kappa shape index (κ3) is 2.32. The fourth-order valence-corrected chi connectivity index (χ4v) is 5.16. The molecule has 3 nitrogen and oxygen atoms in total. The van der Waals surface area contributed by atoms with E-state index in [0.717, 1.165) is 11.2 Å². The molecule has 0 aliphatic rings. The van der Waals surface area contributed by atoms with Crippen molar-refractivity contribution in [3.05, 3.63) is 83.0 Å². The lowest BCUT2D eigenvalue weighted by Gasteiger charge is -2.10. The SMILES string of the molecule is Cc1cc(C)[n+](C)c(-n2c3ccccc3c3c4c(oc5ccccc54)c(C)c(C)c32)c1. The summed E-state index contributed by atoms with van der Waals surface area (Å²) in [6.07, 6.45) is 0. The quantitative estimate of drug-likeness (QED) is 0.278. The lowest BCUT2D eigenvalue weighted by molar-refractivity contribution is -0.671. The smallest absolute Gasteiger partial charge is 0.287 e. The fourth-order valence-electron chi connectivity index (χ4n) is 5.16. The number of hydrogen-bond donors (Lipinski definition) is 0. The summed E-state index contributed by atoms with van der Waals surface area (Å²) >= 11 is 0. The summed E-state index contributed by atoms with van der Waals surface area (Å²) in [4.78, 5) is 0. The molecule has 0 bridgehead atoms. The van der Waals surface area contributed by atoms with Crippen molar-refractivity contribution in [3.8, 4) is 5.82 Å². The second-order valence-corrected chi connectivity index (χ2v) is 8.72. The van der Waals surface area contributed by atoms with Crippen molar-refractivity contribution < 1.29 is 8.98 Å². The van der Waals surface area contributed by atoms with E-state index >= 15 is 0 Å². The van der Waals surface area contributed by atoms with E-state index in [1.165, 1.54) is 60.8 Å². The predicted molar refractivity (Wildman–Crippen MR) is 128 cm³/mol. The third-order valence-corrected chi connectivity index (χ3v) is 6.87. The minimum atomic E-state index is 0.946. The number of nitrogens with zero attached hydrogens (tertiary/aromatic N) is 2. The van der Waals surface area contributed by atoms with Gasteiger partial charge >= 0.3 is 0 Å². The zero-order valence-electron chi connectivity index (χ0n) is 18.6.